The third kappa shape index (κ3) is 3.64. The fraction of sp³-hybridized carbons (Fsp3) is 0.737. The van der Waals surface area contributed by atoms with Gasteiger partial charge in [0, 0.05) is 18.5 Å². The minimum absolute atomic E-state index is 0.112. The molecule has 0 aliphatic heterocycles. The Labute approximate surface area is 154 Å². The van der Waals surface area contributed by atoms with Crippen molar-refractivity contribution in [2.45, 2.75) is 69.1 Å². The maximum Gasteiger partial charge on any atom is 0.230 e. The number of hydrogen-bond acceptors (Lipinski definition) is 4. The summed E-state index contributed by atoms with van der Waals surface area (Å²) >= 11 is 1.49. The van der Waals surface area contributed by atoms with Gasteiger partial charge in [0.15, 0.2) is 5.16 Å². The van der Waals surface area contributed by atoms with Crippen molar-refractivity contribution in [1.82, 2.24) is 20.1 Å². The maximum absolute atomic E-state index is 12.4. The minimum atomic E-state index is 0.112. The number of carbonyl (C=O) groups excluding carboxylic acids is 1. The van der Waals surface area contributed by atoms with Crippen LogP contribution in [0, 0.1) is 17.8 Å². The molecular formula is C19H28N4OS. The van der Waals surface area contributed by atoms with Crippen LogP contribution in [0.1, 0.15) is 57.2 Å². The monoisotopic (exact) mass is 360 g/mol. The van der Waals surface area contributed by atoms with Gasteiger partial charge in [-0.15, -0.1) is 16.8 Å². The van der Waals surface area contributed by atoms with Gasteiger partial charge in [0.25, 0.3) is 0 Å². The minimum Gasteiger partial charge on any atom is -0.353 e. The molecule has 1 aromatic rings. The van der Waals surface area contributed by atoms with Crippen molar-refractivity contribution in [3.05, 3.63) is 18.5 Å². The van der Waals surface area contributed by atoms with Gasteiger partial charge in [-0.3, -0.25) is 4.79 Å². The molecule has 1 aromatic heterocycles. The van der Waals surface area contributed by atoms with E-state index < -0.39 is 0 Å². The van der Waals surface area contributed by atoms with Crippen molar-refractivity contribution in [2.75, 3.05) is 5.75 Å². The smallest absolute Gasteiger partial charge is 0.230 e. The van der Waals surface area contributed by atoms with Gasteiger partial charge in [0.2, 0.25) is 5.91 Å². The summed E-state index contributed by atoms with van der Waals surface area (Å²) in [4.78, 5) is 12.4. The van der Waals surface area contributed by atoms with E-state index in [1.807, 2.05) is 6.08 Å². The van der Waals surface area contributed by atoms with Crippen LogP contribution in [0.15, 0.2) is 17.8 Å². The SMILES string of the molecule is C=CCn1c(SCC(=O)NC(C)C2CC3CCC2C3)nnc1C1CC1. The van der Waals surface area contributed by atoms with Crippen LogP contribution < -0.4 is 5.32 Å². The summed E-state index contributed by atoms with van der Waals surface area (Å²) in [5.74, 6) is 4.56. The highest BCUT2D eigenvalue weighted by atomic mass is 32.2. The van der Waals surface area contributed by atoms with Crippen molar-refractivity contribution < 1.29 is 4.79 Å². The summed E-state index contributed by atoms with van der Waals surface area (Å²) in [6.45, 7) is 6.72. The Morgan fingerprint density at radius 3 is 2.84 bits per heavy atom. The molecule has 3 aliphatic carbocycles. The van der Waals surface area contributed by atoms with Gasteiger partial charge in [-0.25, -0.2) is 0 Å². The number of fused-ring (bicyclic) bond motifs is 2. The van der Waals surface area contributed by atoms with E-state index >= 15 is 0 Å². The van der Waals surface area contributed by atoms with E-state index in [2.05, 4.69) is 33.6 Å². The van der Waals surface area contributed by atoms with Gasteiger partial charge < -0.3 is 9.88 Å². The Hall–Kier alpha value is -1.30. The molecule has 5 nitrogen and oxygen atoms in total. The molecule has 0 radical (unpaired) electrons. The molecule has 2 bridgehead atoms. The van der Waals surface area contributed by atoms with E-state index in [-0.39, 0.29) is 11.9 Å². The Morgan fingerprint density at radius 1 is 1.36 bits per heavy atom. The zero-order chi connectivity index (χ0) is 17.4. The summed E-state index contributed by atoms with van der Waals surface area (Å²) in [6, 6.07) is 0.288. The third-order valence-corrected chi connectivity index (χ3v) is 7.12. The summed E-state index contributed by atoms with van der Waals surface area (Å²) in [6.07, 6.45) is 9.71. The quantitative estimate of drug-likeness (QED) is 0.570. The number of hydrogen-bond donors (Lipinski definition) is 1. The van der Waals surface area contributed by atoms with Crippen LogP contribution in [0.25, 0.3) is 0 Å². The molecule has 1 heterocycles. The summed E-state index contributed by atoms with van der Waals surface area (Å²) in [5, 5.41) is 12.7. The van der Waals surface area contributed by atoms with Crippen LogP contribution in [0.3, 0.4) is 0 Å². The summed E-state index contributed by atoms with van der Waals surface area (Å²) in [7, 11) is 0. The van der Waals surface area contributed by atoms with Crippen LogP contribution in [0.4, 0.5) is 0 Å². The van der Waals surface area contributed by atoms with E-state index in [9.17, 15) is 4.79 Å². The van der Waals surface area contributed by atoms with E-state index in [0.29, 0.717) is 24.1 Å². The van der Waals surface area contributed by atoms with Gasteiger partial charge in [-0.1, -0.05) is 24.3 Å². The first-order valence-corrected chi connectivity index (χ1v) is 10.6. The maximum atomic E-state index is 12.4. The Balaban J connectivity index is 1.30. The van der Waals surface area contributed by atoms with Crippen molar-refractivity contribution >= 4 is 17.7 Å². The highest BCUT2D eigenvalue weighted by Crippen LogP contribution is 2.49. The molecule has 1 amide bonds. The Bertz CT molecular complexity index is 654. The van der Waals surface area contributed by atoms with Crippen LogP contribution in [0.5, 0.6) is 0 Å². The predicted molar refractivity (Wildman–Crippen MR) is 99.5 cm³/mol. The number of thioether (sulfide) groups is 1. The topological polar surface area (TPSA) is 59.8 Å². The van der Waals surface area contributed by atoms with Crippen molar-refractivity contribution in [1.29, 1.82) is 0 Å². The zero-order valence-corrected chi connectivity index (χ0v) is 15.8. The first kappa shape index (κ1) is 17.1. The number of allylic oxidation sites excluding steroid dienone is 1. The predicted octanol–water partition coefficient (Wildman–Crippen LogP) is 3.37. The lowest BCUT2D eigenvalue weighted by Crippen LogP contribution is -2.40. The van der Waals surface area contributed by atoms with Gasteiger partial charge in [0.1, 0.15) is 5.82 Å². The fourth-order valence-corrected chi connectivity index (χ4v) is 5.56. The molecule has 4 atom stereocenters. The van der Waals surface area contributed by atoms with E-state index in [1.54, 1.807) is 0 Å². The normalized spacial score (nSPS) is 28.9. The Kier molecular flexibility index (Phi) is 4.89. The lowest BCUT2D eigenvalue weighted by atomic mass is 9.84. The average molecular weight is 361 g/mol. The number of amides is 1. The van der Waals surface area contributed by atoms with Gasteiger partial charge in [0.05, 0.1) is 5.75 Å². The molecule has 1 N–H and O–H groups in total. The van der Waals surface area contributed by atoms with Crippen LogP contribution in [0.2, 0.25) is 0 Å². The summed E-state index contributed by atoms with van der Waals surface area (Å²) < 4.78 is 2.11. The molecule has 0 spiro atoms. The molecule has 136 valence electrons. The Morgan fingerprint density at radius 2 is 2.20 bits per heavy atom. The van der Waals surface area contributed by atoms with Crippen LogP contribution in [-0.2, 0) is 11.3 Å². The molecular weight excluding hydrogens is 332 g/mol. The fourth-order valence-electron chi connectivity index (χ4n) is 4.79. The van der Waals surface area contributed by atoms with Gasteiger partial charge in [-0.2, -0.15) is 0 Å². The average Bonchev–Trinajstić information content (AvgIpc) is 3.04. The second kappa shape index (κ2) is 7.14. The van der Waals surface area contributed by atoms with E-state index in [4.69, 9.17) is 0 Å². The zero-order valence-electron chi connectivity index (χ0n) is 15.0. The lowest BCUT2D eigenvalue weighted by Gasteiger charge is -2.28. The standard InChI is InChI=1S/C19H28N4OS/c1-3-8-23-18(14-6-7-14)21-22-19(23)25-11-17(24)20-12(2)16-10-13-4-5-15(16)9-13/h3,12-16H,1,4-11H2,2H3,(H,20,24). The van der Waals surface area contributed by atoms with Gasteiger partial charge in [-0.05, 0) is 56.8 Å². The molecule has 4 unspecified atom stereocenters. The lowest BCUT2D eigenvalue weighted by molar-refractivity contribution is -0.119. The molecule has 25 heavy (non-hydrogen) atoms. The summed E-state index contributed by atoms with van der Waals surface area (Å²) in [5.41, 5.74) is 0. The van der Waals surface area contributed by atoms with Crippen molar-refractivity contribution in [2.24, 2.45) is 17.8 Å². The molecule has 3 fully saturated rings. The molecule has 6 heteroatoms. The molecule has 3 aliphatic rings. The van der Waals surface area contributed by atoms with Crippen LogP contribution in [-0.4, -0.2) is 32.5 Å². The molecule has 0 aromatic carbocycles. The van der Waals surface area contributed by atoms with E-state index in [1.165, 1.54) is 50.3 Å². The highest BCUT2D eigenvalue weighted by molar-refractivity contribution is 7.99. The number of nitrogens with one attached hydrogen (secondary N) is 1. The first-order valence-electron chi connectivity index (χ1n) is 9.61. The largest absolute Gasteiger partial charge is 0.353 e. The molecule has 0 saturated heterocycles. The van der Waals surface area contributed by atoms with Crippen molar-refractivity contribution in [3.63, 3.8) is 0 Å². The van der Waals surface area contributed by atoms with E-state index in [0.717, 1.165) is 22.8 Å². The number of rotatable bonds is 8. The van der Waals surface area contributed by atoms with Crippen LogP contribution >= 0.6 is 11.8 Å². The van der Waals surface area contributed by atoms with Crippen molar-refractivity contribution in [3.8, 4) is 0 Å². The second-order valence-corrected chi connectivity index (χ2v) is 8.94. The van der Waals surface area contributed by atoms with Gasteiger partial charge >= 0.3 is 0 Å². The second-order valence-electron chi connectivity index (χ2n) is 8.00. The first-order chi connectivity index (χ1) is 12.2. The highest BCUT2D eigenvalue weighted by Gasteiger charge is 2.42. The molecule has 3 saturated carbocycles. The number of aromatic nitrogens is 3. The molecule has 4 rings (SSSR count). The number of nitrogens with zero attached hydrogens (tertiary/aromatic N) is 3. The number of carbonyl (C=O) groups is 1. The third-order valence-electron chi connectivity index (χ3n) is 6.16.